The van der Waals surface area contributed by atoms with Crippen LogP contribution in [-0.2, 0) is 5.41 Å². The Balaban J connectivity index is 1.65. The third kappa shape index (κ3) is 4.40. The van der Waals surface area contributed by atoms with Crippen molar-refractivity contribution in [3.63, 3.8) is 0 Å². The molecule has 0 radical (unpaired) electrons. The summed E-state index contributed by atoms with van der Waals surface area (Å²) in [6.45, 7) is 9.75. The maximum Gasteiger partial charge on any atom is 0.253 e. The number of amides is 1. The van der Waals surface area contributed by atoms with E-state index in [0.29, 0.717) is 12.4 Å². The molecule has 3 rings (SSSR count). The lowest BCUT2D eigenvalue weighted by atomic mass is 9.86. The van der Waals surface area contributed by atoms with Crippen LogP contribution in [0.25, 0.3) is 0 Å². The number of carbonyl (C=O) groups is 1. The average Bonchev–Trinajstić information content (AvgIpc) is 2.63. The summed E-state index contributed by atoms with van der Waals surface area (Å²) in [5.41, 5.74) is 2.90. The van der Waals surface area contributed by atoms with Crippen LogP contribution in [0.15, 0.2) is 36.4 Å². The highest BCUT2D eigenvalue weighted by Gasteiger charge is 2.26. The Morgan fingerprint density at radius 3 is 2.46 bits per heavy atom. The van der Waals surface area contributed by atoms with E-state index in [4.69, 9.17) is 4.74 Å². The number of hydrogen-bond donors (Lipinski definition) is 0. The van der Waals surface area contributed by atoms with Gasteiger partial charge in [0.15, 0.2) is 0 Å². The molecular weight excluding hydrogens is 326 g/mol. The van der Waals surface area contributed by atoms with Gasteiger partial charge in [-0.1, -0.05) is 32.9 Å². The molecule has 1 aliphatic heterocycles. The van der Waals surface area contributed by atoms with Crippen molar-refractivity contribution < 1.29 is 9.53 Å². The third-order valence-electron chi connectivity index (χ3n) is 4.72. The van der Waals surface area contributed by atoms with Gasteiger partial charge in [-0.05, 0) is 48.9 Å². The Morgan fingerprint density at radius 1 is 1.12 bits per heavy atom. The molecule has 1 aliphatic rings. The van der Waals surface area contributed by atoms with Crippen LogP contribution in [0.2, 0.25) is 0 Å². The fourth-order valence-corrected chi connectivity index (χ4v) is 3.13. The monoisotopic (exact) mass is 353 g/mol. The summed E-state index contributed by atoms with van der Waals surface area (Å²) in [5.74, 6) is 0.582. The lowest BCUT2D eigenvalue weighted by Gasteiger charge is -2.32. The molecule has 1 amide bonds. The molecule has 1 saturated heterocycles. The van der Waals surface area contributed by atoms with Crippen LogP contribution in [0.3, 0.4) is 0 Å². The van der Waals surface area contributed by atoms with Crippen molar-refractivity contribution >= 4 is 5.91 Å². The van der Waals surface area contributed by atoms with Gasteiger partial charge in [-0.25, -0.2) is 0 Å². The van der Waals surface area contributed by atoms with E-state index in [1.165, 1.54) is 5.56 Å². The lowest BCUT2D eigenvalue weighted by molar-refractivity contribution is 0.0525. The number of benzene rings is 1. The molecule has 0 spiro atoms. The molecule has 138 valence electrons. The van der Waals surface area contributed by atoms with E-state index >= 15 is 0 Å². The summed E-state index contributed by atoms with van der Waals surface area (Å²) in [4.78, 5) is 14.7. The fraction of sp³-hybridized carbons (Fsp3) is 0.476. The molecule has 0 aliphatic carbocycles. The molecule has 0 bridgehead atoms. The number of nitrogens with zero attached hydrogens (tertiary/aromatic N) is 3. The molecule has 1 unspecified atom stereocenters. The molecule has 0 saturated carbocycles. The quantitative estimate of drug-likeness (QED) is 0.843. The van der Waals surface area contributed by atoms with Crippen LogP contribution in [0.4, 0.5) is 0 Å². The number of hydrogen-bond acceptors (Lipinski definition) is 4. The van der Waals surface area contributed by atoms with Crippen LogP contribution >= 0.6 is 0 Å². The molecule has 2 heterocycles. The molecule has 2 aromatic rings. The topological polar surface area (TPSA) is 55.3 Å². The summed E-state index contributed by atoms with van der Waals surface area (Å²) < 4.78 is 5.92. The zero-order valence-electron chi connectivity index (χ0n) is 16.0. The van der Waals surface area contributed by atoms with Crippen molar-refractivity contribution in [2.45, 2.75) is 52.1 Å². The van der Waals surface area contributed by atoms with Crippen LogP contribution in [-0.4, -0.2) is 40.2 Å². The van der Waals surface area contributed by atoms with E-state index in [2.05, 4.69) is 31.0 Å². The highest BCUT2D eigenvalue weighted by molar-refractivity contribution is 5.94. The van der Waals surface area contributed by atoms with Gasteiger partial charge >= 0.3 is 0 Å². The zero-order valence-corrected chi connectivity index (χ0v) is 16.0. The van der Waals surface area contributed by atoms with Gasteiger partial charge in [-0.3, -0.25) is 4.79 Å². The SMILES string of the molecule is Cc1ccc(OC2CCCN(C(=O)c3ccc(C(C)(C)C)cc3)C2)nn1. The molecule has 26 heavy (non-hydrogen) atoms. The first kappa shape index (κ1) is 18.4. The maximum absolute atomic E-state index is 12.8. The highest BCUT2D eigenvalue weighted by Crippen LogP contribution is 2.23. The fourth-order valence-electron chi connectivity index (χ4n) is 3.13. The van der Waals surface area contributed by atoms with Gasteiger partial charge < -0.3 is 9.64 Å². The summed E-state index contributed by atoms with van der Waals surface area (Å²) in [7, 11) is 0. The van der Waals surface area contributed by atoms with E-state index in [-0.39, 0.29) is 17.4 Å². The van der Waals surface area contributed by atoms with E-state index in [1.54, 1.807) is 0 Å². The van der Waals surface area contributed by atoms with Crippen molar-refractivity contribution in [3.8, 4) is 5.88 Å². The molecule has 1 aromatic heterocycles. The minimum Gasteiger partial charge on any atom is -0.471 e. The molecule has 1 aromatic carbocycles. The standard InChI is InChI=1S/C21H27N3O2/c1-15-7-12-19(23-22-15)26-18-6-5-13-24(14-18)20(25)16-8-10-17(11-9-16)21(2,3)4/h7-12,18H,5-6,13-14H2,1-4H3. The third-order valence-corrected chi connectivity index (χ3v) is 4.72. The van der Waals surface area contributed by atoms with Crippen LogP contribution in [0.1, 0.15) is 55.2 Å². The zero-order chi connectivity index (χ0) is 18.7. The Labute approximate surface area is 155 Å². The summed E-state index contributed by atoms with van der Waals surface area (Å²) in [5, 5.41) is 8.08. The van der Waals surface area contributed by atoms with Crippen molar-refractivity contribution in [1.82, 2.24) is 15.1 Å². The van der Waals surface area contributed by atoms with Crippen molar-refractivity contribution in [3.05, 3.63) is 53.2 Å². The maximum atomic E-state index is 12.8. The minimum absolute atomic E-state index is 0.0430. The van der Waals surface area contributed by atoms with E-state index in [1.807, 2.05) is 48.2 Å². The van der Waals surface area contributed by atoms with Gasteiger partial charge in [-0.2, -0.15) is 5.10 Å². The highest BCUT2D eigenvalue weighted by atomic mass is 16.5. The number of ether oxygens (including phenoxy) is 1. The Morgan fingerprint density at radius 2 is 1.85 bits per heavy atom. The Hall–Kier alpha value is -2.43. The molecule has 0 N–H and O–H groups in total. The summed E-state index contributed by atoms with van der Waals surface area (Å²) >= 11 is 0. The van der Waals surface area contributed by atoms with Gasteiger partial charge in [0, 0.05) is 18.2 Å². The predicted molar refractivity (Wildman–Crippen MR) is 101 cm³/mol. The first-order chi connectivity index (χ1) is 12.3. The average molecular weight is 353 g/mol. The second-order valence-corrected chi connectivity index (χ2v) is 7.97. The number of piperidine rings is 1. The second-order valence-electron chi connectivity index (χ2n) is 7.97. The number of rotatable bonds is 3. The van der Waals surface area contributed by atoms with Gasteiger partial charge in [0.2, 0.25) is 5.88 Å². The molecule has 1 fully saturated rings. The number of carbonyl (C=O) groups excluding carboxylic acids is 1. The van der Waals surface area contributed by atoms with Crippen LogP contribution < -0.4 is 4.74 Å². The van der Waals surface area contributed by atoms with E-state index in [0.717, 1.165) is 30.6 Å². The second kappa shape index (κ2) is 7.44. The Bertz CT molecular complexity index is 748. The van der Waals surface area contributed by atoms with E-state index < -0.39 is 0 Å². The van der Waals surface area contributed by atoms with Gasteiger partial charge in [0.25, 0.3) is 5.91 Å². The number of aromatic nitrogens is 2. The largest absolute Gasteiger partial charge is 0.471 e. The summed E-state index contributed by atoms with van der Waals surface area (Å²) in [6.07, 6.45) is 1.80. The first-order valence-electron chi connectivity index (χ1n) is 9.20. The lowest BCUT2D eigenvalue weighted by Crippen LogP contribution is -2.44. The predicted octanol–water partition coefficient (Wildman–Crippen LogP) is 3.77. The summed E-state index contributed by atoms with van der Waals surface area (Å²) in [6, 6.07) is 11.7. The van der Waals surface area contributed by atoms with Crippen molar-refractivity contribution in [2.75, 3.05) is 13.1 Å². The molecule has 5 nitrogen and oxygen atoms in total. The van der Waals surface area contributed by atoms with Crippen LogP contribution in [0, 0.1) is 6.92 Å². The van der Waals surface area contributed by atoms with E-state index in [9.17, 15) is 4.79 Å². The molecular formula is C21H27N3O2. The molecule has 5 heteroatoms. The minimum atomic E-state index is -0.0430. The van der Waals surface area contributed by atoms with Gasteiger partial charge in [-0.15, -0.1) is 5.10 Å². The number of aryl methyl sites for hydroxylation is 1. The van der Waals surface area contributed by atoms with Crippen LogP contribution in [0.5, 0.6) is 5.88 Å². The normalized spacial score (nSPS) is 17.8. The van der Waals surface area contributed by atoms with Crippen molar-refractivity contribution in [1.29, 1.82) is 0 Å². The molecule has 1 atom stereocenters. The van der Waals surface area contributed by atoms with Crippen molar-refractivity contribution in [2.24, 2.45) is 0 Å². The Kier molecular flexibility index (Phi) is 5.25. The van der Waals surface area contributed by atoms with Gasteiger partial charge in [0.1, 0.15) is 6.10 Å². The number of likely N-dealkylation sites (tertiary alicyclic amines) is 1. The van der Waals surface area contributed by atoms with Gasteiger partial charge in [0.05, 0.1) is 12.2 Å². The first-order valence-corrected chi connectivity index (χ1v) is 9.20. The smallest absolute Gasteiger partial charge is 0.253 e.